The van der Waals surface area contributed by atoms with Gasteiger partial charge in [0.05, 0.1) is 17.1 Å². The summed E-state index contributed by atoms with van der Waals surface area (Å²) in [4.78, 5) is 1.04. The standard InChI is InChI=1S/C13H12BrN3OS2/c1-18-10-4-2-9(3-5-10)16-13(19)17-15-8-11-6-7-12(14)20-11/h2-8H,1H3,(H2,16,17,19)/b15-8-. The molecule has 0 radical (unpaired) electrons. The molecule has 0 saturated heterocycles. The van der Waals surface area contributed by atoms with E-state index < -0.39 is 0 Å². The summed E-state index contributed by atoms with van der Waals surface area (Å²) in [7, 11) is 1.63. The van der Waals surface area contributed by atoms with Gasteiger partial charge in [-0.1, -0.05) is 0 Å². The Bertz CT molecular complexity index is 610. The van der Waals surface area contributed by atoms with E-state index >= 15 is 0 Å². The minimum atomic E-state index is 0.432. The van der Waals surface area contributed by atoms with E-state index in [-0.39, 0.29) is 0 Å². The fourth-order valence-corrected chi connectivity index (χ4v) is 2.85. The molecule has 104 valence electrons. The Balaban J connectivity index is 1.84. The second-order valence-electron chi connectivity index (χ2n) is 3.69. The topological polar surface area (TPSA) is 45.6 Å². The van der Waals surface area contributed by atoms with E-state index in [4.69, 9.17) is 17.0 Å². The first-order valence-electron chi connectivity index (χ1n) is 5.67. The van der Waals surface area contributed by atoms with Crippen molar-refractivity contribution >= 4 is 56.5 Å². The van der Waals surface area contributed by atoms with Crippen molar-refractivity contribution in [3.05, 3.63) is 45.1 Å². The molecule has 0 bridgehead atoms. The lowest BCUT2D eigenvalue weighted by Gasteiger charge is -2.07. The normalized spacial score (nSPS) is 10.5. The number of ether oxygens (including phenoxy) is 1. The van der Waals surface area contributed by atoms with Gasteiger partial charge in [-0.3, -0.25) is 5.43 Å². The summed E-state index contributed by atoms with van der Waals surface area (Å²) < 4.78 is 6.16. The molecule has 1 heterocycles. The van der Waals surface area contributed by atoms with Gasteiger partial charge >= 0.3 is 0 Å². The van der Waals surface area contributed by atoms with Crippen molar-refractivity contribution in [2.45, 2.75) is 0 Å². The smallest absolute Gasteiger partial charge is 0.191 e. The second kappa shape index (κ2) is 7.37. The number of hydrogen-bond acceptors (Lipinski definition) is 4. The third kappa shape index (κ3) is 4.59. The van der Waals surface area contributed by atoms with Crippen LogP contribution < -0.4 is 15.5 Å². The average Bonchev–Trinajstić information content (AvgIpc) is 2.85. The third-order valence-electron chi connectivity index (χ3n) is 2.30. The Morgan fingerprint density at radius 3 is 2.65 bits per heavy atom. The van der Waals surface area contributed by atoms with Gasteiger partial charge in [0.2, 0.25) is 0 Å². The number of methoxy groups -OCH3 is 1. The molecule has 2 rings (SSSR count). The van der Waals surface area contributed by atoms with Gasteiger partial charge in [0.25, 0.3) is 0 Å². The number of hydrazone groups is 1. The lowest BCUT2D eigenvalue weighted by atomic mass is 10.3. The van der Waals surface area contributed by atoms with Crippen LogP contribution >= 0.6 is 39.5 Å². The summed E-state index contributed by atoms with van der Waals surface area (Å²) in [6, 6.07) is 11.4. The number of thiocarbonyl (C=S) groups is 1. The summed E-state index contributed by atoms with van der Waals surface area (Å²) in [6.45, 7) is 0. The van der Waals surface area contributed by atoms with Crippen LogP contribution in [0.4, 0.5) is 5.69 Å². The van der Waals surface area contributed by atoms with Crippen molar-refractivity contribution in [1.29, 1.82) is 0 Å². The first kappa shape index (κ1) is 15.0. The number of nitrogens with one attached hydrogen (secondary N) is 2. The van der Waals surface area contributed by atoms with Gasteiger partial charge in [0.1, 0.15) is 5.75 Å². The molecule has 4 nitrogen and oxygen atoms in total. The number of benzene rings is 1. The lowest BCUT2D eigenvalue weighted by molar-refractivity contribution is 0.415. The maximum atomic E-state index is 5.14. The van der Waals surface area contributed by atoms with Crippen LogP contribution in [0.15, 0.2) is 45.3 Å². The molecule has 1 aromatic carbocycles. The van der Waals surface area contributed by atoms with E-state index in [1.54, 1.807) is 24.7 Å². The highest BCUT2D eigenvalue weighted by molar-refractivity contribution is 9.11. The van der Waals surface area contributed by atoms with Gasteiger partial charge in [0.15, 0.2) is 5.11 Å². The molecule has 0 saturated carbocycles. The number of rotatable bonds is 4. The van der Waals surface area contributed by atoms with Gasteiger partial charge in [0, 0.05) is 10.6 Å². The highest BCUT2D eigenvalue weighted by Crippen LogP contribution is 2.20. The van der Waals surface area contributed by atoms with Gasteiger partial charge in [-0.2, -0.15) is 5.10 Å². The SMILES string of the molecule is COc1ccc(NC(=S)N/N=C\c2ccc(Br)s2)cc1. The van der Waals surface area contributed by atoms with Gasteiger partial charge in [-0.15, -0.1) is 11.3 Å². The first-order valence-corrected chi connectivity index (χ1v) is 7.68. The van der Waals surface area contributed by atoms with Crippen molar-refractivity contribution in [2.24, 2.45) is 5.10 Å². The quantitative estimate of drug-likeness (QED) is 0.488. The predicted octanol–water partition coefficient (Wildman–Crippen LogP) is 3.84. The Morgan fingerprint density at radius 1 is 1.30 bits per heavy atom. The van der Waals surface area contributed by atoms with Crippen molar-refractivity contribution in [2.75, 3.05) is 12.4 Å². The Hall–Kier alpha value is -1.44. The zero-order chi connectivity index (χ0) is 14.4. The molecular formula is C13H12BrN3OS2. The molecule has 0 amide bonds. The number of halogens is 1. The molecule has 20 heavy (non-hydrogen) atoms. The third-order valence-corrected chi connectivity index (χ3v) is 4.05. The van der Waals surface area contributed by atoms with Crippen LogP contribution in [0.25, 0.3) is 0 Å². The van der Waals surface area contributed by atoms with E-state index in [9.17, 15) is 0 Å². The zero-order valence-corrected chi connectivity index (χ0v) is 13.8. The van der Waals surface area contributed by atoms with Crippen LogP contribution in [0.3, 0.4) is 0 Å². The molecular weight excluding hydrogens is 358 g/mol. The number of anilines is 1. The van der Waals surface area contributed by atoms with E-state index in [1.807, 2.05) is 36.4 Å². The summed E-state index contributed by atoms with van der Waals surface area (Å²) >= 11 is 10.1. The van der Waals surface area contributed by atoms with Crippen LogP contribution in [-0.2, 0) is 0 Å². The number of thiophene rings is 1. The maximum absolute atomic E-state index is 5.14. The Labute approximate surface area is 135 Å². The first-order chi connectivity index (χ1) is 9.67. The minimum Gasteiger partial charge on any atom is -0.497 e. The Kier molecular flexibility index (Phi) is 5.51. The van der Waals surface area contributed by atoms with Crippen LogP contribution in [0, 0.1) is 0 Å². The fourth-order valence-electron chi connectivity index (χ4n) is 1.39. The highest BCUT2D eigenvalue weighted by atomic mass is 79.9. The molecule has 0 aliphatic carbocycles. The largest absolute Gasteiger partial charge is 0.497 e. The zero-order valence-electron chi connectivity index (χ0n) is 10.6. The highest BCUT2D eigenvalue weighted by Gasteiger charge is 1.97. The lowest BCUT2D eigenvalue weighted by Crippen LogP contribution is -2.23. The Morgan fingerprint density at radius 2 is 2.05 bits per heavy atom. The minimum absolute atomic E-state index is 0.432. The molecule has 0 fully saturated rings. The van der Waals surface area contributed by atoms with Crippen LogP contribution in [0.5, 0.6) is 5.75 Å². The number of hydrogen-bond donors (Lipinski definition) is 2. The van der Waals surface area contributed by atoms with E-state index in [0.717, 1.165) is 20.1 Å². The summed E-state index contributed by atoms with van der Waals surface area (Å²) in [5.41, 5.74) is 3.64. The molecule has 2 aromatic rings. The maximum Gasteiger partial charge on any atom is 0.191 e. The van der Waals surface area contributed by atoms with Gasteiger partial charge < -0.3 is 10.1 Å². The van der Waals surface area contributed by atoms with Gasteiger partial charge in [-0.05, 0) is 64.5 Å². The molecule has 7 heteroatoms. The van der Waals surface area contributed by atoms with E-state index in [0.29, 0.717) is 5.11 Å². The van der Waals surface area contributed by atoms with Crippen molar-refractivity contribution in [3.8, 4) is 5.75 Å². The van der Waals surface area contributed by atoms with Crippen LogP contribution in [0.1, 0.15) is 4.88 Å². The van der Waals surface area contributed by atoms with Gasteiger partial charge in [-0.25, -0.2) is 0 Å². The predicted molar refractivity (Wildman–Crippen MR) is 92.0 cm³/mol. The van der Waals surface area contributed by atoms with E-state index in [1.165, 1.54) is 0 Å². The molecule has 1 aromatic heterocycles. The van der Waals surface area contributed by atoms with E-state index in [2.05, 4.69) is 31.8 Å². The number of nitrogens with zero attached hydrogens (tertiary/aromatic N) is 1. The molecule has 0 unspecified atom stereocenters. The molecule has 0 aliphatic rings. The molecule has 0 atom stereocenters. The molecule has 0 spiro atoms. The average molecular weight is 370 g/mol. The summed E-state index contributed by atoms with van der Waals surface area (Å²) in [6.07, 6.45) is 1.72. The monoisotopic (exact) mass is 369 g/mol. The summed E-state index contributed by atoms with van der Waals surface area (Å²) in [5.74, 6) is 0.802. The van der Waals surface area contributed by atoms with Crippen LogP contribution in [-0.4, -0.2) is 18.4 Å². The van der Waals surface area contributed by atoms with Crippen molar-refractivity contribution in [1.82, 2.24) is 5.43 Å². The summed E-state index contributed by atoms with van der Waals surface area (Å²) in [5, 5.41) is 7.53. The second-order valence-corrected chi connectivity index (χ2v) is 6.60. The van der Waals surface area contributed by atoms with Crippen molar-refractivity contribution in [3.63, 3.8) is 0 Å². The fraction of sp³-hybridized carbons (Fsp3) is 0.0769. The van der Waals surface area contributed by atoms with Crippen molar-refractivity contribution < 1.29 is 4.74 Å². The molecule has 2 N–H and O–H groups in total. The van der Waals surface area contributed by atoms with Crippen LogP contribution in [0.2, 0.25) is 0 Å². The molecule has 0 aliphatic heterocycles.